The average molecular weight is 480 g/mol. The highest BCUT2D eigenvalue weighted by Gasteiger charge is 2.36. The monoisotopic (exact) mass is 478 g/mol. The number of alkyl halides is 3. The highest BCUT2D eigenvalue weighted by atomic mass is 79.9. The Morgan fingerprint density at radius 1 is 1.36 bits per heavy atom. The van der Waals surface area contributed by atoms with Crippen molar-refractivity contribution in [2.24, 2.45) is 0 Å². The fourth-order valence-electron chi connectivity index (χ4n) is 2.63. The molecule has 0 saturated carbocycles. The van der Waals surface area contributed by atoms with Gasteiger partial charge < -0.3 is 4.90 Å². The first-order chi connectivity index (χ1) is 13.0. The fourth-order valence-corrected chi connectivity index (χ4v) is 3.32. The second kappa shape index (κ2) is 7.36. The smallest absolute Gasteiger partial charge is 0.334 e. The quantitative estimate of drug-likeness (QED) is 0.568. The first-order valence-corrected chi connectivity index (χ1v) is 9.30. The van der Waals surface area contributed by atoms with Gasteiger partial charge in [0.05, 0.1) is 16.7 Å². The Morgan fingerprint density at radius 3 is 2.61 bits per heavy atom. The predicted octanol–water partition coefficient (Wildman–Crippen LogP) is 3.96. The lowest BCUT2D eigenvalue weighted by Gasteiger charge is -2.14. The van der Waals surface area contributed by atoms with Crippen LogP contribution in [0.3, 0.4) is 0 Å². The van der Waals surface area contributed by atoms with Crippen LogP contribution in [0, 0.1) is 6.92 Å². The minimum atomic E-state index is -4.68. The Kier molecular flexibility index (Phi) is 5.41. The van der Waals surface area contributed by atoms with Crippen molar-refractivity contribution in [1.29, 1.82) is 0 Å². The first-order valence-electron chi connectivity index (χ1n) is 8.13. The Bertz CT molecular complexity index is 1060. The van der Waals surface area contributed by atoms with Crippen LogP contribution in [0.2, 0.25) is 5.02 Å². The van der Waals surface area contributed by atoms with Crippen LogP contribution in [0.4, 0.5) is 13.2 Å². The summed E-state index contributed by atoms with van der Waals surface area (Å²) in [6.07, 6.45) is -2.90. The van der Waals surface area contributed by atoms with Gasteiger partial charge in [0.25, 0.3) is 5.91 Å². The molecule has 12 heteroatoms. The molecule has 3 rings (SSSR count). The average Bonchev–Trinajstić information content (AvgIpc) is 3.13. The van der Waals surface area contributed by atoms with Crippen LogP contribution in [0.25, 0.3) is 5.65 Å². The molecular formula is C16H15BrClF3N6O. The van der Waals surface area contributed by atoms with Crippen molar-refractivity contribution < 1.29 is 18.0 Å². The summed E-state index contributed by atoms with van der Waals surface area (Å²) in [4.78, 5) is 18.1. The summed E-state index contributed by atoms with van der Waals surface area (Å²) in [6, 6.07) is 0.850. The van der Waals surface area contributed by atoms with Crippen molar-refractivity contribution in [3.8, 4) is 0 Å². The Morgan fingerprint density at radius 2 is 2.04 bits per heavy atom. The van der Waals surface area contributed by atoms with Crippen LogP contribution in [-0.2, 0) is 19.3 Å². The summed E-state index contributed by atoms with van der Waals surface area (Å²) in [5, 5.41) is 7.89. The van der Waals surface area contributed by atoms with E-state index in [1.165, 1.54) is 18.9 Å². The molecular weight excluding hydrogens is 465 g/mol. The highest BCUT2D eigenvalue weighted by Crippen LogP contribution is 2.32. The van der Waals surface area contributed by atoms with E-state index in [0.717, 1.165) is 6.07 Å². The third-order valence-electron chi connectivity index (χ3n) is 4.00. The van der Waals surface area contributed by atoms with Crippen molar-refractivity contribution in [1.82, 2.24) is 29.3 Å². The van der Waals surface area contributed by atoms with Gasteiger partial charge in [-0.05, 0) is 35.8 Å². The maximum Gasteiger partial charge on any atom is 0.433 e. The Balaban J connectivity index is 1.99. The molecule has 3 aromatic rings. The molecule has 0 unspecified atom stereocenters. The van der Waals surface area contributed by atoms with E-state index in [2.05, 4.69) is 31.1 Å². The number of aryl methyl sites for hydroxylation is 2. The molecule has 7 nitrogen and oxygen atoms in total. The highest BCUT2D eigenvalue weighted by molar-refractivity contribution is 9.10. The van der Waals surface area contributed by atoms with Crippen LogP contribution >= 0.6 is 27.5 Å². The van der Waals surface area contributed by atoms with Crippen LogP contribution in [0.5, 0.6) is 0 Å². The maximum absolute atomic E-state index is 13.3. The number of rotatable bonds is 4. The Labute approximate surface area is 171 Å². The number of nitrogens with zero attached hydrogens (tertiary/aromatic N) is 6. The third-order valence-corrected chi connectivity index (χ3v) is 5.01. The molecule has 0 saturated heterocycles. The molecule has 150 valence electrons. The first kappa shape index (κ1) is 20.6. The van der Waals surface area contributed by atoms with Crippen molar-refractivity contribution in [2.45, 2.75) is 33.1 Å². The molecule has 0 atom stereocenters. The van der Waals surface area contributed by atoms with Gasteiger partial charge in [0.2, 0.25) is 0 Å². The van der Waals surface area contributed by atoms with E-state index in [0.29, 0.717) is 21.2 Å². The molecule has 28 heavy (non-hydrogen) atoms. The fraction of sp³-hybridized carbons (Fsp3) is 0.375. The number of amides is 1. The lowest BCUT2D eigenvalue weighted by molar-refractivity contribution is -0.142. The second-order valence-corrected chi connectivity index (χ2v) is 7.35. The molecule has 0 aliphatic rings. The lowest BCUT2D eigenvalue weighted by atomic mass is 10.3. The van der Waals surface area contributed by atoms with E-state index < -0.39 is 17.8 Å². The molecule has 0 fully saturated rings. The summed E-state index contributed by atoms with van der Waals surface area (Å²) < 4.78 is 42.9. The van der Waals surface area contributed by atoms with Gasteiger partial charge in [-0.25, -0.2) is 9.50 Å². The predicted molar refractivity (Wildman–Crippen MR) is 99.1 cm³/mol. The van der Waals surface area contributed by atoms with Crippen molar-refractivity contribution in [3.05, 3.63) is 44.5 Å². The van der Waals surface area contributed by atoms with Gasteiger partial charge in [0.1, 0.15) is 10.7 Å². The molecule has 0 radical (unpaired) electrons. The number of fused-ring (bicyclic) bond motifs is 1. The zero-order chi connectivity index (χ0) is 20.8. The zero-order valence-electron chi connectivity index (χ0n) is 15.1. The largest absolute Gasteiger partial charge is 0.433 e. The van der Waals surface area contributed by atoms with Gasteiger partial charge in [0.15, 0.2) is 11.3 Å². The molecule has 1 amide bonds. The van der Waals surface area contributed by atoms with E-state index in [1.807, 2.05) is 6.92 Å². The van der Waals surface area contributed by atoms with E-state index in [9.17, 15) is 18.0 Å². The van der Waals surface area contributed by atoms with Crippen molar-refractivity contribution in [2.75, 3.05) is 7.05 Å². The van der Waals surface area contributed by atoms with Crippen LogP contribution in [0.15, 0.2) is 16.7 Å². The van der Waals surface area contributed by atoms with Crippen molar-refractivity contribution in [3.63, 3.8) is 0 Å². The Hall–Kier alpha value is -2.14. The SMILES string of the molecule is CCn1cc(Br)c(CN(C)C(=O)c2nn3c(C(F)(F)F)cc(C)nc3c2Cl)n1. The molecule has 0 aromatic carbocycles. The topological polar surface area (TPSA) is 68.3 Å². The minimum Gasteiger partial charge on any atom is -0.334 e. The summed E-state index contributed by atoms with van der Waals surface area (Å²) >= 11 is 9.53. The number of carbonyl (C=O) groups is 1. The maximum atomic E-state index is 13.3. The molecule has 3 aromatic heterocycles. The number of aromatic nitrogens is 5. The normalized spacial score (nSPS) is 12.0. The van der Waals surface area contributed by atoms with E-state index >= 15 is 0 Å². The number of halogens is 5. The van der Waals surface area contributed by atoms with Crippen LogP contribution < -0.4 is 0 Å². The molecule has 3 heterocycles. The van der Waals surface area contributed by atoms with Crippen LogP contribution in [0.1, 0.15) is 34.5 Å². The van der Waals surface area contributed by atoms with Gasteiger partial charge in [-0.1, -0.05) is 11.6 Å². The summed E-state index contributed by atoms with van der Waals surface area (Å²) in [7, 11) is 1.49. The van der Waals surface area contributed by atoms with Gasteiger partial charge in [-0.3, -0.25) is 9.48 Å². The van der Waals surface area contributed by atoms with Crippen molar-refractivity contribution >= 4 is 39.1 Å². The van der Waals surface area contributed by atoms with E-state index in [-0.39, 0.29) is 28.6 Å². The van der Waals surface area contributed by atoms with E-state index in [1.54, 1.807) is 10.9 Å². The molecule has 0 aliphatic heterocycles. The molecule has 0 bridgehead atoms. The number of hydrogen-bond donors (Lipinski definition) is 0. The van der Waals surface area contributed by atoms with Gasteiger partial charge in [0, 0.05) is 25.5 Å². The molecule has 0 spiro atoms. The minimum absolute atomic E-state index is 0.114. The second-order valence-electron chi connectivity index (χ2n) is 6.12. The van der Waals surface area contributed by atoms with E-state index in [4.69, 9.17) is 11.6 Å². The number of hydrogen-bond acceptors (Lipinski definition) is 4. The molecule has 0 aliphatic carbocycles. The standard InChI is InChI=1S/C16H15BrClF3N6O/c1-4-26-6-9(17)10(23-26)7-25(3)15(28)13-12(18)14-22-8(2)5-11(16(19,20)21)27(14)24-13/h5-6H,4,7H2,1-3H3. The van der Waals surface area contributed by atoms with Crippen LogP contribution in [-0.4, -0.2) is 42.2 Å². The van der Waals surface area contributed by atoms with Gasteiger partial charge >= 0.3 is 6.18 Å². The summed E-state index contributed by atoms with van der Waals surface area (Å²) in [6.45, 7) is 4.10. The molecule has 0 N–H and O–H groups in total. The third kappa shape index (κ3) is 3.72. The van der Waals surface area contributed by atoms with Gasteiger partial charge in [-0.2, -0.15) is 23.4 Å². The number of carbonyl (C=O) groups excluding carboxylic acids is 1. The summed E-state index contributed by atoms with van der Waals surface area (Å²) in [5.41, 5.74) is -0.866. The van der Waals surface area contributed by atoms with Gasteiger partial charge in [-0.15, -0.1) is 0 Å². The lowest BCUT2D eigenvalue weighted by Crippen LogP contribution is -2.27. The zero-order valence-corrected chi connectivity index (χ0v) is 17.4. The summed E-state index contributed by atoms with van der Waals surface area (Å²) in [5.74, 6) is -0.640.